The van der Waals surface area contributed by atoms with Crippen molar-refractivity contribution in [2.75, 3.05) is 19.1 Å². The lowest BCUT2D eigenvalue weighted by Gasteiger charge is -2.22. The van der Waals surface area contributed by atoms with Crippen LogP contribution in [0.1, 0.15) is 39.6 Å². The fourth-order valence-electron chi connectivity index (χ4n) is 4.23. The molecule has 1 aliphatic rings. The fourth-order valence-corrected chi connectivity index (χ4v) is 5.64. The number of anilines is 1. The Balaban J connectivity index is 1.49. The average Bonchev–Trinajstić information content (AvgIpc) is 3.42. The Hall–Kier alpha value is -3.29. The molecule has 1 unspecified atom stereocenters. The molecular formula is C25H23ClN4O2S. The molecule has 5 rings (SSSR count). The number of aromatic nitrogens is 3. The van der Waals surface area contributed by atoms with Gasteiger partial charge in [-0.2, -0.15) is 0 Å². The molecule has 0 amide bonds. The summed E-state index contributed by atoms with van der Waals surface area (Å²) in [7, 11) is 3.66. The number of methoxy groups -OCH3 is 1. The standard InChI is InChI=1S/C25H23ClN4O2S/c1-30(14-15-6-4-3-5-7-15)25-27-23(26)22(33-25)19-12-17(13-20-21(19)24(31)29-28-20)16-8-10-18(32-2)11-9-16/h3-11,13,19H,12,14H2,1-2H3,(H2,28,29,31). The number of fused-ring (bicyclic) bond motifs is 1. The normalized spacial score (nSPS) is 15.1. The van der Waals surface area contributed by atoms with Gasteiger partial charge in [0.25, 0.3) is 5.56 Å². The summed E-state index contributed by atoms with van der Waals surface area (Å²) in [5, 5.41) is 7.03. The number of thiazole rings is 1. The molecule has 2 aromatic carbocycles. The molecule has 0 bridgehead atoms. The third-order valence-corrected chi connectivity index (χ3v) is 7.58. The Morgan fingerprint density at radius 2 is 1.91 bits per heavy atom. The van der Waals surface area contributed by atoms with Crippen LogP contribution < -0.4 is 15.2 Å². The predicted octanol–water partition coefficient (Wildman–Crippen LogP) is 5.53. The van der Waals surface area contributed by atoms with Crippen LogP contribution in [-0.4, -0.2) is 29.3 Å². The van der Waals surface area contributed by atoms with Gasteiger partial charge in [0.1, 0.15) is 10.9 Å². The SMILES string of the molecule is COc1ccc(C2=Cc3[nH][nH]c(=O)c3C(c3sc(N(C)Cc4ccccc4)nc3Cl)C2)cc1. The Bertz CT molecular complexity index is 1360. The largest absolute Gasteiger partial charge is 0.497 e. The Kier molecular flexibility index (Phi) is 5.83. The Morgan fingerprint density at radius 3 is 2.64 bits per heavy atom. The number of hydrogen-bond acceptors (Lipinski definition) is 5. The lowest BCUT2D eigenvalue weighted by molar-refractivity contribution is 0.415. The number of ether oxygens (including phenoxy) is 1. The topological polar surface area (TPSA) is 74.0 Å². The summed E-state index contributed by atoms with van der Waals surface area (Å²) >= 11 is 8.20. The minimum absolute atomic E-state index is 0.122. The summed E-state index contributed by atoms with van der Waals surface area (Å²) in [4.78, 5) is 20.3. The molecule has 0 spiro atoms. The van der Waals surface area contributed by atoms with Gasteiger partial charge in [-0.25, -0.2) is 4.98 Å². The first-order valence-electron chi connectivity index (χ1n) is 10.6. The van der Waals surface area contributed by atoms with Gasteiger partial charge in [0.2, 0.25) is 0 Å². The van der Waals surface area contributed by atoms with Gasteiger partial charge >= 0.3 is 0 Å². The molecule has 4 aromatic rings. The first-order chi connectivity index (χ1) is 16.0. The molecular weight excluding hydrogens is 456 g/mol. The van der Waals surface area contributed by atoms with Crippen molar-refractivity contribution < 1.29 is 4.74 Å². The van der Waals surface area contributed by atoms with Gasteiger partial charge in [0, 0.05) is 19.5 Å². The van der Waals surface area contributed by atoms with Gasteiger partial charge < -0.3 is 9.64 Å². The quantitative estimate of drug-likeness (QED) is 0.382. The molecule has 0 saturated heterocycles. The summed E-state index contributed by atoms with van der Waals surface area (Å²) in [5.41, 5.74) is 4.76. The summed E-state index contributed by atoms with van der Waals surface area (Å²) in [6.07, 6.45) is 2.69. The van der Waals surface area contributed by atoms with Crippen LogP contribution in [0.3, 0.4) is 0 Å². The molecule has 2 aromatic heterocycles. The molecule has 2 heterocycles. The van der Waals surface area contributed by atoms with E-state index in [2.05, 4.69) is 32.2 Å². The van der Waals surface area contributed by atoms with Crippen LogP contribution in [0.5, 0.6) is 5.75 Å². The highest BCUT2D eigenvalue weighted by Gasteiger charge is 2.31. The van der Waals surface area contributed by atoms with Crippen LogP contribution in [0.15, 0.2) is 59.4 Å². The van der Waals surface area contributed by atoms with E-state index < -0.39 is 0 Å². The van der Waals surface area contributed by atoms with Crippen molar-refractivity contribution in [2.24, 2.45) is 0 Å². The van der Waals surface area contributed by atoms with Crippen molar-refractivity contribution in [3.05, 3.63) is 97.4 Å². The fraction of sp³-hybridized carbons (Fsp3) is 0.200. The number of H-pyrrole nitrogens is 2. The summed E-state index contributed by atoms with van der Waals surface area (Å²) < 4.78 is 5.29. The van der Waals surface area contributed by atoms with Crippen LogP contribution in [0.25, 0.3) is 11.6 Å². The number of nitrogens with one attached hydrogen (secondary N) is 2. The van der Waals surface area contributed by atoms with Crippen molar-refractivity contribution in [1.29, 1.82) is 0 Å². The highest BCUT2D eigenvalue weighted by molar-refractivity contribution is 7.16. The van der Waals surface area contributed by atoms with E-state index in [1.54, 1.807) is 18.4 Å². The monoisotopic (exact) mass is 478 g/mol. The van der Waals surface area contributed by atoms with Crippen LogP contribution in [0.2, 0.25) is 5.15 Å². The van der Waals surface area contributed by atoms with Crippen LogP contribution in [0, 0.1) is 0 Å². The number of halogens is 1. The molecule has 8 heteroatoms. The van der Waals surface area contributed by atoms with E-state index in [0.717, 1.165) is 39.1 Å². The molecule has 0 saturated carbocycles. The van der Waals surface area contributed by atoms with Crippen molar-refractivity contribution >= 4 is 39.7 Å². The van der Waals surface area contributed by atoms with E-state index in [-0.39, 0.29) is 11.5 Å². The van der Waals surface area contributed by atoms with Crippen molar-refractivity contribution in [3.63, 3.8) is 0 Å². The van der Waals surface area contributed by atoms with Crippen LogP contribution >= 0.6 is 22.9 Å². The first kappa shape index (κ1) is 21.6. The van der Waals surface area contributed by atoms with E-state index in [4.69, 9.17) is 16.3 Å². The van der Waals surface area contributed by atoms with Crippen LogP contribution in [-0.2, 0) is 6.54 Å². The molecule has 0 radical (unpaired) electrons. The van der Waals surface area contributed by atoms with Crippen LogP contribution in [0.4, 0.5) is 5.13 Å². The van der Waals surface area contributed by atoms with Gasteiger partial charge in [-0.15, -0.1) is 0 Å². The van der Waals surface area contributed by atoms with Crippen molar-refractivity contribution in [1.82, 2.24) is 15.2 Å². The maximum absolute atomic E-state index is 12.7. The number of nitrogens with zero attached hydrogens (tertiary/aromatic N) is 2. The molecule has 168 valence electrons. The number of hydrogen-bond donors (Lipinski definition) is 2. The van der Waals surface area contributed by atoms with E-state index in [0.29, 0.717) is 17.1 Å². The number of allylic oxidation sites excluding steroid dienone is 1. The first-order valence-corrected chi connectivity index (χ1v) is 11.8. The molecule has 0 fully saturated rings. The third kappa shape index (κ3) is 4.21. The number of aromatic amines is 2. The summed E-state index contributed by atoms with van der Waals surface area (Å²) in [6, 6.07) is 18.2. The highest BCUT2D eigenvalue weighted by Crippen LogP contribution is 2.45. The maximum Gasteiger partial charge on any atom is 0.268 e. The maximum atomic E-state index is 12.7. The van der Waals surface area contributed by atoms with Gasteiger partial charge in [0.05, 0.1) is 23.2 Å². The van der Waals surface area contributed by atoms with Gasteiger partial charge in [-0.3, -0.25) is 15.0 Å². The minimum atomic E-state index is -0.180. The number of rotatable bonds is 6. The second kappa shape index (κ2) is 8.92. The zero-order chi connectivity index (χ0) is 22.9. The molecule has 2 N–H and O–H groups in total. The molecule has 1 aliphatic carbocycles. The second-order valence-corrected chi connectivity index (χ2v) is 9.42. The number of benzene rings is 2. The molecule has 1 atom stereocenters. The lowest BCUT2D eigenvalue weighted by atomic mass is 9.83. The van der Waals surface area contributed by atoms with Crippen molar-refractivity contribution in [2.45, 2.75) is 18.9 Å². The third-order valence-electron chi connectivity index (χ3n) is 5.90. The van der Waals surface area contributed by atoms with E-state index in [1.165, 1.54) is 5.56 Å². The zero-order valence-corrected chi connectivity index (χ0v) is 19.8. The molecule has 0 aliphatic heterocycles. The van der Waals surface area contributed by atoms with Gasteiger partial charge in [-0.1, -0.05) is 65.4 Å². The van der Waals surface area contributed by atoms with E-state index in [9.17, 15) is 4.79 Å². The second-order valence-electron chi connectivity index (χ2n) is 8.05. The van der Waals surface area contributed by atoms with Gasteiger partial charge in [-0.05, 0) is 41.3 Å². The highest BCUT2D eigenvalue weighted by atomic mass is 35.5. The Morgan fingerprint density at radius 1 is 1.15 bits per heavy atom. The minimum Gasteiger partial charge on any atom is -0.497 e. The van der Waals surface area contributed by atoms with E-state index in [1.807, 2.05) is 55.6 Å². The average molecular weight is 479 g/mol. The molecule has 6 nitrogen and oxygen atoms in total. The zero-order valence-electron chi connectivity index (χ0n) is 18.3. The Labute approximate surface area is 200 Å². The summed E-state index contributed by atoms with van der Waals surface area (Å²) in [5.74, 6) is 0.625. The van der Waals surface area contributed by atoms with Gasteiger partial charge in [0.15, 0.2) is 5.13 Å². The lowest BCUT2D eigenvalue weighted by Crippen LogP contribution is -2.16. The van der Waals surface area contributed by atoms with Crippen molar-refractivity contribution in [3.8, 4) is 5.75 Å². The molecule has 33 heavy (non-hydrogen) atoms. The smallest absolute Gasteiger partial charge is 0.268 e. The predicted molar refractivity (Wildman–Crippen MR) is 134 cm³/mol. The summed E-state index contributed by atoms with van der Waals surface area (Å²) in [6.45, 7) is 0.724. The van der Waals surface area contributed by atoms with E-state index >= 15 is 0 Å².